The first kappa shape index (κ1) is 41.1. The fraction of sp³-hybridized carbons (Fsp3) is 0.178. The molecule has 0 N–H and O–H groups in total. The van der Waals surface area contributed by atoms with Crippen molar-refractivity contribution in [2.45, 2.75) is 79.1 Å². The van der Waals surface area contributed by atoms with E-state index in [1.54, 1.807) is 4.57 Å². The van der Waals surface area contributed by atoms with Crippen LogP contribution in [0.4, 0.5) is 0 Å². The Morgan fingerprint density at radius 3 is 1.87 bits per heavy atom. The molecular weight excluding hydrogens is 963 g/mol. The number of hydrogen-bond acceptors (Lipinski definition) is 2. The average Bonchev–Trinajstić information content (AvgIpc) is 1.58. The number of hydrogen-bond donors (Lipinski definition) is 0. The van der Waals surface area contributed by atoms with Crippen molar-refractivity contribution in [3.8, 4) is 56.6 Å². The first-order valence-corrected chi connectivity index (χ1v) is 27.1. The van der Waals surface area contributed by atoms with E-state index in [1.807, 2.05) is 60.8 Å². The number of pyridine rings is 1. The fourth-order valence-electron chi connectivity index (χ4n) is 11.1. The highest BCUT2D eigenvalue weighted by Crippen LogP contribution is 2.42. The summed E-state index contributed by atoms with van der Waals surface area (Å²) < 4.78 is 86.0. The average molecular weight is 1040 g/mol. The van der Waals surface area contributed by atoms with Gasteiger partial charge >= 0.3 is 0 Å². The highest BCUT2D eigenvalue weighted by Gasteiger charge is 2.26. The smallest absolute Gasteiger partial charge is 0.269 e. The summed E-state index contributed by atoms with van der Waals surface area (Å²) in [6, 6.07) is 53.0. The standard InChI is InChI=1S/C73H65N5O/c1-47(2)48(3)50-37-38-74-70(41-50)78-66-36-33-55(77-64-29-15-13-25-60(64)61-26-14-16-30-65(61)77)44-63(66)62-35-34-57(45-69(62)78)79-56-24-19-23-54(43-56)75-46-76(68-32-18-17-31-67(68)75)71-58(49-21-11-10-12-22-49)27-20-28-59(71)51-39-52(72(4,5)6)42-53(40-51)73(7,8)9/h10-45,47-48H,1-9H3/i13D,14D,15D,16D,25D,26D,29D,30D. The Balaban J connectivity index is 0.969. The third-order valence-corrected chi connectivity index (χ3v) is 15.7. The fourth-order valence-corrected chi connectivity index (χ4v) is 11.1. The van der Waals surface area contributed by atoms with E-state index in [2.05, 4.69) is 192 Å². The van der Waals surface area contributed by atoms with Crippen LogP contribution in [0.25, 0.3) is 99.8 Å². The van der Waals surface area contributed by atoms with Gasteiger partial charge in [0.15, 0.2) is 0 Å². The van der Waals surface area contributed by atoms with Crippen LogP contribution in [0.2, 0.25) is 0 Å². The van der Waals surface area contributed by atoms with Gasteiger partial charge in [-0.2, -0.15) is 0 Å². The number of imidazole rings is 1. The molecule has 4 heterocycles. The Morgan fingerprint density at radius 2 is 1.16 bits per heavy atom. The molecule has 0 fully saturated rings. The van der Waals surface area contributed by atoms with Crippen molar-refractivity contribution in [2.75, 3.05) is 0 Å². The van der Waals surface area contributed by atoms with E-state index in [-0.39, 0.29) is 62.7 Å². The van der Waals surface area contributed by atoms with Gasteiger partial charge in [-0.3, -0.25) is 13.7 Å². The molecule has 4 aromatic heterocycles. The summed E-state index contributed by atoms with van der Waals surface area (Å²) in [4.78, 5) is 4.98. The Hall–Kier alpha value is -9.00. The lowest BCUT2D eigenvalue weighted by atomic mass is 9.78. The third kappa shape index (κ3) is 8.76. The van der Waals surface area contributed by atoms with E-state index < -0.39 is 24.2 Å². The molecule has 0 bridgehead atoms. The number of rotatable bonds is 10. The molecule has 6 heteroatoms. The van der Waals surface area contributed by atoms with Crippen LogP contribution < -0.4 is 9.30 Å². The lowest BCUT2D eigenvalue weighted by Gasteiger charge is -2.27. The first-order valence-electron chi connectivity index (χ1n) is 31.1. The molecule has 0 saturated carbocycles. The number of aromatic nitrogens is 5. The Kier molecular flexibility index (Phi) is 9.99. The second kappa shape index (κ2) is 19.2. The molecule has 0 aliphatic heterocycles. The molecule has 13 rings (SSSR count). The minimum Gasteiger partial charge on any atom is -0.458 e. The van der Waals surface area contributed by atoms with E-state index in [0.29, 0.717) is 28.9 Å². The number of nitrogens with zero attached hydrogens (tertiary/aromatic N) is 5. The number of para-hydroxylation sites is 5. The van der Waals surface area contributed by atoms with Crippen LogP contribution in [0.3, 0.4) is 0 Å². The number of ether oxygens (including phenoxy) is 1. The maximum absolute atomic E-state index is 9.20. The van der Waals surface area contributed by atoms with E-state index in [9.17, 15) is 2.74 Å². The quantitative estimate of drug-likeness (QED) is 0.101. The van der Waals surface area contributed by atoms with Crippen LogP contribution >= 0.6 is 0 Å². The molecule has 6 nitrogen and oxygen atoms in total. The van der Waals surface area contributed by atoms with Crippen molar-refractivity contribution in [3.05, 3.63) is 241 Å². The molecule has 0 aliphatic carbocycles. The zero-order chi connectivity index (χ0) is 61.3. The van der Waals surface area contributed by atoms with Gasteiger partial charge in [-0.05, 0) is 134 Å². The molecule has 0 amide bonds. The molecular formula is C73H65N5O. The minimum absolute atomic E-state index is 0.0220. The molecule has 0 spiro atoms. The lowest BCUT2D eigenvalue weighted by molar-refractivity contribution is -0.571. The molecule has 388 valence electrons. The van der Waals surface area contributed by atoms with Crippen molar-refractivity contribution < 1.29 is 20.3 Å². The van der Waals surface area contributed by atoms with Crippen LogP contribution in [0, 0.1) is 12.2 Å². The highest BCUT2D eigenvalue weighted by atomic mass is 16.5. The van der Waals surface area contributed by atoms with Crippen LogP contribution in [0.1, 0.15) is 95.9 Å². The van der Waals surface area contributed by atoms with Gasteiger partial charge in [0.05, 0.1) is 55.4 Å². The van der Waals surface area contributed by atoms with Crippen LogP contribution in [-0.2, 0) is 10.8 Å². The zero-order valence-electron chi connectivity index (χ0n) is 54.0. The SMILES string of the molecule is [2H]c1c([2H])c([2H])c2c(c1[2H])c1c([2H])c([2H])c([2H])c([2H])c1n2-c1ccc2c(c1)c1ccc(Oc3cccc(-n4[c-][n+](-c5c(-c6ccccc6)cccc5-c5cc(C(C)(C)C)cc(C(C)(C)C)c5)c5ccccc54)c3)cc1n2-c1cc(C(C)C(C)C)ccn1. The lowest BCUT2D eigenvalue weighted by Crippen LogP contribution is -2.31. The number of fused-ring (bicyclic) bond motifs is 7. The van der Waals surface area contributed by atoms with E-state index in [1.165, 1.54) is 11.1 Å². The van der Waals surface area contributed by atoms with E-state index in [4.69, 9.17) is 17.9 Å². The van der Waals surface area contributed by atoms with Gasteiger partial charge in [0, 0.05) is 39.5 Å². The van der Waals surface area contributed by atoms with Gasteiger partial charge in [-0.1, -0.05) is 196 Å². The Bertz CT molecular complexity index is 4860. The molecule has 79 heavy (non-hydrogen) atoms. The molecule has 13 aromatic rings. The Morgan fingerprint density at radius 1 is 0.506 bits per heavy atom. The third-order valence-electron chi connectivity index (χ3n) is 15.7. The predicted octanol–water partition coefficient (Wildman–Crippen LogP) is 18.8. The normalized spacial score (nSPS) is 14.1. The zero-order valence-corrected chi connectivity index (χ0v) is 46.0. The summed E-state index contributed by atoms with van der Waals surface area (Å²) in [6.45, 7) is 20.3. The number of benzene rings is 9. The predicted molar refractivity (Wildman–Crippen MR) is 328 cm³/mol. The topological polar surface area (TPSA) is 40.8 Å². The summed E-state index contributed by atoms with van der Waals surface area (Å²) in [5.74, 6) is 2.43. The van der Waals surface area contributed by atoms with Gasteiger partial charge in [-0.25, -0.2) is 4.98 Å². The van der Waals surface area contributed by atoms with Crippen molar-refractivity contribution >= 4 is 54.6 Å². The monoisotopic (exact) mass is 1040 g/mol. The van der Waals surface area contributed by atoms with Gasteiger partial charge < -0.3 is 9.30 Å². The van der Waals surface area contributed by atoms with Crippen molar-refractivity contribution in [1.29, 1.82) is 0 Å². The van der Waals surface area contributed by atoms with Crippen LogP contribution in [0.15, 0.2) is 218 Å². The first-order chi connectivity index (χ1) is 41.5. The van der Waals surface area contributed by atoms with Crippen LogP contribution in [0.5, 0.6) is 11.5 Å². The highest BCUT2D eigenvalue weighted by molar-refractivity contribution is 6.12. The maximum atomic E-state index is 9.20. The second-order valence-electron chi connectivity index (χ2n) is 23.2. The summed E-state index contributed by atoms with van der Waals surface area (Å²) in [5.41, 5.74) is 13.8. The second-order valence-corrected chi connectivity index (χ2v) is 23.2. The van der Waals surface area contributed by atoms with Crippen molar-refractivity contribution in [1.82, 2.24) is 18.7 Å². The molecule has 0 radical (unpaired) electrons. The molecule has 1 unspecified atom stereocenters. The molecule has 0 saturated heterocycles. The maximum Gasteiger partial charge on any atom is 0.269 e. The van der Waals surface area contributed by atoms with E-state index in [0.717, 1.165) is 72.0 Å². The summed E-state index contributed by atoms with van der Waals surface area (Å²) in [6.07, 6.45) is 5.69. The largest absolute Gasteiger partial charge is 0.458 e. The summed E-state index contributed by atoms with van der Waals surface area (Å²) in [7, 11) is 0. The molecule has 0 aliphatic rings. The van der Waals surface area contributed by atoms with Gasteiger partial charge in [-0.15, -0.1) is 0 Å². The van der Waals surface area contributed by atoms with Crippen molar-refractivity contribution in [3.63, 3.8) is 0 Å². The molecule has 9 aromatic carbocycles. The van der Waals surface area contributed by atoms with Crippen LogP contribution in [-0.4, -0.2) is 18.7 Å². The van der Waals surface area contributed by atoms with Gasteiger partial charge in [0.2, 0.25) is 0 Å². The van der Waals surface area contributed by atoms with E-state index >= 15 is 0 Å². The summed E-state index contributed by atoms with van der Waals surface area (Å²) in [5, 5.41) is 1.64. The van der Waals surface area contributed by atoms with Gasteiger partial charge in [0.1, 0.15) is 17.3 Å². The van der Waals surface area contributed by atoms with Crippen molar-refractivity contribution in [2.24, 2.45) is 5.92 Å². The summed E-state index contributed by atoms with van der Waals surface area (Å²) >= 11 is 0. The molecule has 1 atom stereocenters. The minimum atomic E-state index is -0.490. The Labute approximate surface area is 474 Å². The van der Waals surface area contributed by atoms with Gasteiger partial charge in [0.25, 0.3) is 6.33 Å².